The van der Waals surface area contributed by atoms with Crippen molar-refractivity contribution in [3.8, 4) is 17.2 Å². The normalized spacial score (nSPS) is 19.2. The van der Waals surface area contributed by atoms with Gasteiger partial charge in [0, 0.05) is 18.5 Å². The van der Waals surface area contributed by atoms with E-state index in [1.165, 1.54) is 0 Å². The number of carbonyl (C=O) groups excluding carboxylic acids is 2. The molecule has 0 aromatic heterocycles. The van der Waals surface area contributed by atoms with Gasteiger partial charge in [0.15, 0.2) is 11.5 Å². The number of Topliss-reactive ketones (excluding diaryl/α,β-unsaturated/α-hetero) is 1. The van der Waals surface area contributed by atoms with E-state index in [4.69, 9.17) is 14.2 Å². The van der Waals surface area contributed by atoms with Crippen molar-refractivity contribution in [1.29, 1.82) is 0 Å². The van der Waals surface area contributed by atoms with Crippen LogP contribution in [-0.4, -0.2) is 47.6 Å². The zero-order valence-electron chi connectivity index (χ0n) is 24.8. The Morgan fingerprint density at radius 1 is 1.02 bits per heavy atom. The van der Waals surface area contributed by atoms with E-state index in [-0.39, 0.29) is 17.4 Å². The van der Waals surface area contributed by atoms with Crippen LogP contribution in [0.4, 0.5) is 0 Å². The van der Waals surface area contributed by atoms with E-state index in [0.717, 1.165) is 23.3 Å². The number of aliphatic hydroxyl groups excluding tert-OH is 1. The molecular formula is C35H39NO6. The number of amides is 1. The molecule has 2 aliphatic rings. The third kappa shape index (κ3) is 6.15. The highest BCUT2D eigenvalue weighted by atomic mass is 16.5. The Balaban J connectivity index is 1.56. The molecule has 42 heavy (non-hydrogen) atoms. The number of likely N-dealkylation sites (tertiary alicyclic amines) is 1. The molecule has 0 spiro atoms. The number of benzene rings is 3. The van der Waals surface area contributed by atoms with Crippen molar-refractivity contribution < 1.29 is 28.9 Å². The molecule has 0 unspecified atom stereocenters. The van der Waals surface area contributed by atoms with Crippen LogP contribution in [0.1, 0.15) is 62.4 Å². The fraction of sp³-hybridized carbons (Fsp3) is 0.371. The van der Waals surface area contributed by atoms with Crippen LogP contribution >= 0.6 is 0 Å². The third-order valence-electron chi connectivity index (χ3n) is 7.73. The molecule has 1 N–H and O–H groups in total. The first-order valence-corrected chi connectivity index (χ1v) is 14.8. The maximum atomic E-state index is 13.6. The van der Waals surface area contributed by atoms with Gasteiger partial charge < -0.3 is 24.2 Å². The molecule has 2 heterocycles. The van der Waals surface area contributed by atoms with Crippen molar-refractivity contribution in [3.05, 3.63) is 94.6 Å². The average Bonchev–Trinajstić information content (AvgIpc) is 3.47. The lowest BCUT2D eigenvalue weighted by atomic mass is 9.94. The Labute approximate surface area is 247 Å². The van der Waals surface area contributed by atoms with E-state index in [9.17, 15) is 14.7 Å². The van der Waals surface area contributed by atoms with Crippen LogP contribution in [0.25, 0.3) is 5.76 Å². The smallest absolute Gasteiger partial charge is 0.295 e. The first-order chi connectivity index (χ1) is 20.3. The molecule has 0 saturated carbocycles. The van der Waals surface area contributed by atoms with Crippen LogP contribution in [0.2, 0.25) is 0 Å². The maximum absolute atomic E-state index is 13.6. The summed E-state index contributed by atoms with van der Waals surface area (Å²) in [5, 5.41) is 11.6. The minimum atomic E-state index is -0.791. The second-order valence-corrected chi connectivity index (χ2v) is 11.4. The Kier molecular flexibility index (Phi) is 8.86. The summed E-state index contributed by atoms with van der Waals surface area (Å²) in [6.07, 6.45) is 2.21. The molecular weight excluding hydrogens is 530 g/mol. The molecule has 220 valence electrons. The predicted molar refractivity (Wildman–Crippen MR) is 162 cm³/mol. The molecule has 0 bridgehead atoms. The monoisotopic (exact) mass is 569 g/mol. The molecule has 1 fully saturated rings. The molecule has 5 rings (SSSR count). The van der Waals surface area contributed by atoms with Crippen molar-refractivity contribution in [2.45, 2.75) is 59.1 Å². The van der Waals surface area contributed by atoms with E-state index < -0.39 is 17.7 Å². The van der Waals surface area contributed by atoms with Crippen LogP contribution < -0.4 is 14.2 Å². The molecule has 7 nitrogen and oxygen atoms in total. The zero-order valence-corrected chi connectivity index (χ0v) is 24.8. The number of fused-ring (bicyclic) bond motifs is 1. The van der Waals surface area contributed by atoms with Crippen molar-refractivity contribution in [2.75, 3.05) is 19.8 Å². The number of aliphatic hydroxyl groups is 1. The third-order valence-corrected chi connectivity index (χ3v) is 7.73. The maximum Gasteiger partial charge on any atom is 0.295 e. The van der Waals surface area contributed by atoms with Crippen LogP contribution in [-0.2, 0) is 22.4 Å². The zero-order chi connectivity index (χ0) is 29.8. The number of ether oxygens (including phenoxy) is 3. The van der Waals surface area contributed by atoms with E-state index >= 15 is 0 Å². The number of rotatable bonds is 11. The Hall–Kier alpha value is -4.26. The number of hydrogen-bond acceptors (Lipinski definition) is 6. The predicted octanol–water partition coefficient (Wildman–Crippen LogP) is 6.50. The van der Waals surface area contributed by atoms with Gasteiger partial charge in [-0.1, -0.05) is 50.2 Å². The Morgan fingerprint density at radius 3 is 2.55 bits per heavy atom. The number of hydrogen-bond donors (Lipinski definition) is 1. The SMILES string of the molecule is CCOc1cc([C@H]2/C(=C(\O)c3ccc4c(c3)C[C@H](C)O4)C(=O)C(=O)N2CCc2ccccc2)ccc1OCCC(C)C. The fourth-order valence-electron chi connectivity index (χ4n) is 5.56. The summed E-state index contributed by atoms with van der Waals surface area (Å²) in [5.41, 5.74) is 3.23. The highest BCUT2D eigenvalue weighted by Crippen LogP contribution is 2.43. The summed E-state index contributed by atoms with van der Waals surface area (Å²) < 4.78 is 17.8. The van der Waals surface area contributed by atoms with E-state index in [0.29, 0.717) is 61.1 Å². The number of ketones is 1. The van der Waals surface area contributed by atoms with Gasteiger partial charge >= 0.3 is 0 Å². The van der Waals surface area contributed by atoms with Gasteiger partial charge in [0.2, 0.25) is 0 Å². The number of nitrogens with zero attached hydrogens (tertiary/aromatic N) is 1. The fourth-order valence-corrected chi connectivity index (χ4v) is 5.56. The van der Waals surface area contributed by atoms with Crippen LogP contribution in [0, 0.1) is 5.92 Å². The van der Waals surface area contributed by atoms with Gasteiger partial charge in [0.05, 0.1) is 24.8 Å². The van der Waals surface area contributed by atoms with Gasteiger partial charge in [-0.15, -0.1) is 0 Å². The molecule has 1 amide bonds. The van der Waals surface area contributed by atoms with Crippen LogP contribution in [0.3, 0.4) is 0 Å². The van der Waals surface area contributed by atoms with E-state index in [1.54, 1.807) is 11.0 Å². The van der Waals surface area contributed by atoms with E-state index in [2.05, 4.69) is 13.8 Å². The Bertz CT molecular complexity index is 1480. The first kappa shape index (κ1) is 29.2. The lowest BCUT2D eigenvalue weighted by molar-refractivity contribution is -0.139. The van der Waals surface area contributed by atoms with Gasteiger partial charge in [0.25, 0.3) is 11.7 Å². The summed E-state index contributed by atoms with van der Waals surface area (Å²) in [7, 11) is 0. The van der Waals surface area contributed by atoms with Gasteiger partial charge in [-0.3, -0.25) is 9.59 Å². The van der Waals surface area contributed by atoms with Gasteiger partial charge in [-0.2, -0.15) is 0 Å². The Morgan fingerprint density at radius 2 is 1.81 bits per heavy atom. The quantitative estimate of drug-likeness (QED) is 0.161. The average molecular weight is 570 g/mol. The minimum absolute atomic E-state index is 0.0409. The van der Waals surface area contributed by atoms with Crippen LogP contribution in [0.5, 0.6) is 17.2 Å². The summed E-state index contributed by atoms with van der Waals surface area (Å²) in [5.74, 6) is 0.882. The molecule has 0 aliphatic carbocycles. The first-order valence-electron chi connectivity index (χ1n) is 14.8. The van der Waals surface area contributed by atoms with Gasteiger partial charge in [0.1, 0.15) is 17.6 Å². The second kappa shape index (κ2) is 12.7. The molecule has 3 aromatic rings. The molecule has 7 heteroatoms. The molecule has 2 atom stereocenters. The second-order valence-electron chi connectivity index (χ2n) is 11.4. The van der Waals surface area contributed by atoms with Crippen molar-refractivity contribution in [1.82, 2.24) is 4.90 Å². The molecule has 3 aromatic carbocycles. The van der Waals surface area contributed by atoms with Gasteiger partial charge in [-0.05, 0) is 79.6 Å². The van der Waals surface area contributed by atoms with Crippen molar-refractivity contribution >= 4 is 17.4 Å². The summed E-state index contributed by atoms with van der Waals surface area (Å²) >= 11 is 0. The van der Waals surface area contributed by atoms with Crippen LogP contribution in [0.15, 0.2) is 72.3 Å². The van der Waals surface area contributed by atoms with Gasteiger partial charge in [-0.25, -0.2) is 0 Å². The highest BCUT2D eigenvalue weighted by Gasteiger charge is 2.46. The number of carbonyl (C=O) groups is 2. The largest absolute Gasteiger partial charge is 0.507 e. The lowest BCUT2D eigenvalue weighted by Crippen LogP contribution is -2.31. The lowest BCUT2D eigenvalue weighted by Gasteiger charge is -2.26. The molecule has 0 radical (unpaired) electrons. The summed E-state index contributed by atoms with van der Waals surface area (Å²) in [4.78, 5) is 28.7. The summed E-state index contributed by atoms with van der Waals surface area (Å²) in [6, 6.07) is 19.9. The van der Waals surface area contributed by atoms with E-state index in [1.807, 2.05) is 74.5 Å². The van der Waals surface area contributed by atoms with Crippen molar-refractivity contribution in [2.24, 2.45) is 5.92 Å². The van der Waals surface area contributed by atoms with Crippen molar-refractivity contribution in [3.63, 3.8) is 0 Å². The molecule has 2 aliphatic heterocycles. The standard InChI is InChI=1S/C35H39NO6/c1-5-40-30-21-25(11-14-29(30)41-18-16-22(2)3)32-31(33(37)26-12-13-28-27(20-26)19-23(4)42-28)34(38)35(39)36(32)17-15-24-9-7-6-8-10-24/h6-14,20-23,32,37H,5,15-19H2,1-4H3/b33-31+/t23-,32-/m0/s1. The minimum Gasteiger partial charge on any atom is -0.507 e. The topological polar surface area (TPSA) is 85.3 Å². The molecule has 1 saturated heterocycles. The highest BCUT2D eigenvalue weighted by molar-refractivity contribution is 6.46. The summed E-state index contributed by atoms with van der Waals surface area (Å²) in [6.45, 7) is 9.45.